The number of nitrogens with one attached hydrogen (secondary N) is 1. The molecule has 0 aromatic heterocycles. The van der Waals surface area contributed by atoms with Gasteiger partial charge in [-0.2, -0.15) is 0 Å². The number of rotatable bonds is 3. The van der Waals surface area contributed by atoms with Crippen LogP contribution in [0.2, 0.25) is 0 Å². The number of hydrogen-bond donors (Lipinski definition) is 2. The number of nitrogen functional groups attached to an aromatic ring is 1. The molecule has 1 saturated heterocycles. The maximum Gasteiger partial charge on any atom is 0.271 e. The van der Waals surface area contributed by atoms with Crippen molar-refractivity contribution in [1.29, 1.82) is 0 Å². The first kappa shape index (κ1) is 15.2. The van der Waals surface area contributed by atoms with E-state index in [9.17, 15) is 4.79 Å². The number of hydrogen-bond acceptors (Lipinski definition) is 4. The summed E-state index contributed by atoms with van der Waals surface area (Å²) in [5, 5.41) is 3.36. The Morgan fingerprint density at radius 2 is 2.00 bits per heavy atom. The standard InChI is InChI=1S/C17H25N3O2/c1-3-17(4-2)16(21)20(12-8-10-19-11-9-12)15-13(18)6-5-7-14(15)22-17/h5-7,12,19H,3-4,8-11,18H2,1-2H3. The summed E-state index contributed by atoms with van der Waals surface area (Å²) in [6.45, 7) is 5.89. The summed E-state index contributed by atoms with van der Waals surface area (Å²) in [7, 11) is 0. The zero-order valence-corrected chi connectivity index (χ0v) is 13.4. The lowest BCUT2D eigenvalue weighted by molar-refractivity contribution is -0.137. The van der Waals surface area contributed by atoms with Gasteiger partial charge in [0.25, 0.3) is 5.91 Å². The van der Waals surface area contributed by atoms with Crippen molar-refractivity contribution in [2.75, 3.05) is 23.7 Å². The lowest BCUT2D eigenvalue weighted by atomic mass is 9.90. The number of anilines is 2. The first-order valence-corrected chi connectivity index (χ1v) is 8.25. The molecule has 1 fully saturated rings. The fourth-order valence-corrected chi connectivity index (χ4v) is 3.56. The Morgan fingerprint density at radius 3 is 2.64 bits per heavy atom. The van der Waals surface area contributed by atoms with Crippen LogP contribution in [-0.4, -0.2) is 30.6 Å². The second-order valence-corrected chi connectivity index (χ2v) is 6.15. The molecule has 0 saturated carbocycles. The van der Waals surface area contributed by atoms with Crippen LogP contribution in [0, 0.1) is 0 Å². The summed E-state index contributed by atoms with van der Waals surface area (Å²) in [5.41, 5.74) is 6.80. The monoisotopic (exact) mass is 303 g/mol. The molecule has 22 heavy (non-hydrogen) atoms. The van der Waals surface area contributed by atoms with E-state index in [0.717, 1.165) is 37.4 Å². The smallest absolute Gasteiger partial charge is 0.271 e. The van der Waals surface area contributed by atoms with Gasteiger partial charge in [0.05, 0.1) is 5.69 Å². The van der Waals surface area contributed by atoms with Gasteiger partial charge < -0.3 is 20.7 Å². The molecule has 5 nitrogen and oxygen atoms in total. The highest BCUT2D eigenvalue weighted by Crippen LogP contribution is 2.45. The molecule has 2 aliphatic rings. The number of amides is 1. The largest absolute Gasteiger partial charge is 0.475 e. The molecule has 2 aliphatic heterocycles. The van der Waals surface area contributed by atoms with Gasteiger partial charge in [0.15, 0.2) is 5.60 Å². The van der Waals surface area contributed by atoms with Crippen molar-refractivity contribution in [3.63, 3.8) is 0 Å². The molecule has 0 unspecified atom stereocenters. The van der Waals surface area contributed by atoms with Crippen LogP contribution in [0.4, 0.5) is 11.4 Å². The molecule has 3 N–H and O–H groups in total. The van der Waals surface area contributed by atoms with Crippen molar-refractivity contribution in [3.8, 4) is 5.75 Å². The van der Waals surface area contributed by atoms with Gasteiger partial charge in [0.1, 0.15) is 11.4 Å². The van der Waals surface area contributed by atoms with E-state index in [0.29, 0.717) is 18.5 Å². The molecule has 0 aliphatic carbocycles. The van der Waals surface area contributed by atoms with Gasteiger partial charge in [-0.05, 0) is 50.9 Å². The highest BCUT2D eigenvalue weighted by Gasteiger charge is 2.48. The van der Waals surface area contributed by atoms with Gasteiger partial charge >= 0.3 is 0 Å². The lowest BCUT2D eigenvalue weighted by Crippen LogP contribution is -2.60. The van der Waals surface area contributed by atoms with E-state index in [2.05, 4.69) is 5.32 Å². The van der Waals surface area contributed by atoms with Crippen molar-refractivity contribution in [2.45, 2.75) is 51.2 Å². The molecule has 5 heteroatoms. The van der Waals surface area contributed by atoms with Crippen molar-refractivity contribution in [3.05, 3.63) is 18.2 Å². The first-order chi connectivity index (χ1) is 10.6. The van der Waals surface area contributed by atoms with Gasteiger partial charge in [-0.1, -0.05) is 19.9 Å². The number of piperidine rings is 1. The zero-order chi connectivity index (χ0) is 15.7. The molecule has 0 radical (unpaired) electrons. The Hall–Kier alpha value is -1.75. The normalized spacial score (nSPS) is 21.4. The van der Waals surface area contributed by atoms with Crippen molar-refractivity contribution in [1.82, 2.24) is 5.32 Å². The zero-order valence-electron chi connectivity index (χ0n) is 13.4. The van der Waals surface area contributed by atoms with Crippen LogP contribution >= 0.6 is 0 Å². The van der Waals surface area contributed by atoms with Crippen LogP contribution in [-0.2, 0) is 4.79 Å². The fourth-order valence-electron chi connectivity index (χ4n) is 3.56. The number of nitrogens with two attached hydrogens (primary N) is 1. The van der Waals surface area contributed by atoms with Gasteiger partial charge in [-0.25, -0.2) is 0 Å². The number of fused-ring (bicyclic) bond motifs is 1. The molecule has 0 spiro atoms. The highest BCUT2D eigenvalue weighted by atomic mass is 16.5. The second-order valence-electron chi connectivity index (χ2n) is 6.15. The van der Waals surface area contributed by atoms with Crippen LogP contribution in [0.15, 0.2) is 18.2 Å². The van der Waals surface area contributed by atoms with Crippen molar-refractivity contribution < 1.29 is 9.53 Å². The number of benzene rings is 1. The van der Waals surface area contributed by atoms with E-state index >= 15 is 0 Å². The molecule has 3 rings (SSSR count). The van der Waals surface area contributed by atoms with Crippen molar-refractivity contribution in [2.24, 2.45) is 0 Å². The third kappa shape index (κ3) is 2.24. The van der Waals surface area contributed by atoms with Crippen LogP contribution in [0.3, 0.4) is 0 Å². The van der Waals surface area contributed by atoms with Crippen LogP contribution in [0.5, 0.6) is 5.75 Å². The van der Waals surface area contributed by atoms with Crippen molar-refractivity contribution >= 4 is 17.3 Å². The SMILES string of the molecule is CCC1(CC)Oc2cccc(N)c2N(C2CCNCC2)C1=O. The summed E-state index contributed by atoms with van der Waals surface area (Å²) in [6, 6.07) is 5.85. The molecule has 2 heterocycles. The third-order valence-corrected chi connectivity index (χ3v) is 5.00. The fraction of sp³-hybridized carbons (Fsp3) is 0.588. The highest BCUT2D eigenvalue weighted by molar-refractivity contribution is 6.05. The predicted octanol–water partition coefficient (Wildman–Crippen LogP) is 2.31. The molecule has 1 aromatic rings. The molecule has 1 aromatic carbocycles. The lowest BCUT2D eigenvalue weighted by Gasteiger charge is -2.46. The van der Waals surface area contributed by atoms with E-state index in [1.807, 2.05) is 36.9 Å². The van der Waals surface area contributed by atoms with E-state index in [4.69, 9.17) is 10.5 Å². The summed E-state index contributed by atoms with van der Waals surface area (Å²) in [4.78, 5) is 15.2. The van der Waals surface area contributed by atoms with Gasteiger partial charge in [0.2, 0.25) is 0 Å². The Morgan fingerprint density at radius 1 is 1.32 bits per heavy atom. The van der Waals surface area contributed by atoms with Crippen LogP contribution < -0.4 is 20.7 Å². The van der Waals surface area contributed by atoms with Gasteiger partial charge in [-0.15, -0.1) is 0 Å². The Bertz CT molecular complexity index is 563. The number of carbonyl (C=O) groups is 1. The van der Waals surface area contributed by atoms with E-state index < -0.39 is 5.60 Å². The summed E-state index contributed by atoms with van der Waals surface area (Å²) >= 11 is 0. The molecule has 120 valence electrons. The number of nitrogens with zero attached hydrogens (tertiary/aromatic N) is 1. The topological polar surface area (TPSA) is 67.6 Å². The average Bonchev–Trinajstić information content (AvgIpc) is 2.56. The molecule has 0 atom stereocenters. The number of carbonyl (C=O) groups excluding carboxylic acids is 1. The van der Waals surface area contributed by atoms with Crippen LogP contribution in [0.25, 0.3) is 0 Å². The maximum atomic E-state index is 13.2. The Kier molecular flexibility index (Phi) is 4.00. The third-order valence-electron chi connectivity index (χ3n) is 5.00. The maximum absolute atomic E-state index is 13.2. The summed E-state index contributed by atoms with van der Waals surface area (Å²) in [5.74, 6) is 0.802. The average molecular weight is 303 g/mol. The summed E-state index contributed by atoms with van der Waals surface area (Å²) < 4.78 is 6.15. The quantitative estimate of drug-likeness (QED) is 0.841. The minimum absolute atomic E-state index is 0.0646. The van der Waals surface area contributed by atoms with Gasteiger partial charge in [0, 0.05) is 6.04 Å². The van der Waals surface area contributed by atoms with E-state index in [1.54, 1.807) is 0 Å². The minimum Gasteiger partial charge on any atom is -0.475 e. The van der Waals surface area contributed by atoms with Gasteiger partial charge in [-0.3, -0.25) is 4.79 Å². The van der Waals surface area contributed by atoms with E-state index in [1.165, 1.54) is 0 Å². The molecular weight excluding hydrogens is 278 g/mol. The number of ether oxygens (including phenoxy) is 1. The molecule has 1 amide bonds. The van der Waals surface area contributed by atoms with Crippen LogP contribution in [0.1, 0.15) is 39.5 Å². The second kappa shape index (κ2) is 5.80. The van der Waals surface area contributed by atoms with E-state index in [-0.39, 0.29) is 11.9 Å². The number of para-hydroxylation sites is 1. The Balaban J connectivity index is 2.10. The molecule has 0 bridgehead atoms. The molecular formula is C17H25N3O2. The minimum atomic E-state index is -0.758. The predicted molar refractivity (Wildman–Crippen MR) is 88.2 cm³/mol. The first-order valence-electron chi connectivity index (χ1n) is 8.25. The summed E-state index contributed by atoms with van der Waals surface area (Å²) in [6.07, 6.45) is 3.22. The Labute approximate surface area is 131 Å².